The van der Waals surface area contributed by atoms with E-state index < -0.39 is 16.9 Å². The van der Waals surface area contributed by atoms with Gasteiger partial charge in [0.15, 0.2) is 6.10 Å². The highest BCUT2D eigenvalue weighted by molar-refractivity contribution is 8.04. The largest absolute Gasteiger partial charge is 0.451 e. The fourth-order valence-corrected chi connectivity index (χ4v) is 6.07. The number of hydrogen-bond acceptors (Lipinski definition) is 6. The molecule has 2 aromatic carbocycles. The minimum Gasteiger partial charge on any atom is -0.451 e. The monoisotopic (exact) mass is 414 g/mol. The van der Waals surface area contributed by atoms with Gasteiger partial charge < -0.3 is 15.4 Å². The smallest absolute Gasteiger partial charge is 0.325 e. The van der Waals surface area contributed by atoms with Crippen LogP contribution in [0.25, 0.3) is 0 Å². The van der Waals surface area contributed by atoms with Crippen LogP contribution in [-0.4, -0.2) is 51.5 Å². The Labute approximate surface area is 173 Å². The normalized spacial score (nSPS) is 26.5. The van der Waals surface area contributed by atoms with Gasteiger partial charge in [0.1, 0.15) is 16.2 Å². The van der Waals surface area contributed by atoms with E-state index in [9.17, 15) is 9.59 Å². The van der Waals surface area contributed by atoms with Gasteiger partial charge in [0.2, 0.25) is 5.91 Å². The summed E-state index contributed by atoms with van der Waals surface area (Å²) in [4.78, 5) is 27.2. The molecule has 0 bridgehead atoms. The molecule has 4 rings (SSSR count). The van der Waals surface area contributed by atoms with Crippen LogP contribution in [0, 0.1) is 0 Å². The molecule has 2 heterocycles. The Morgan fingerprint density at radius 1 is 1.18 bits per heavy atom. The topological polar surface area (TPSA) is 72.6 Å². The van der Waals surface area contributed by atoms with Crippen molar-refractivity contribution in [2.75, 3.05) is 18.6 Å². The van der Waals surface area contributed by atoms with E-state index in [4.69, 9.17) is 10.5 Å². The van der Waals surface area contributed by atoms with Crippen LogP contribution in [0.15, 0.2) is 60.7 Å². The molecule has 7 heteroatoms. The number of nitrogens with zero attached hydrogens (tertiary/aromatic N) is 1. The van der Waals surface area contributed by atoms with Crippen molar-refractivity contribution in [3.05, 3.63) is 71.8 Å². The molecule has 0 spiro atoms. The van der Waals surface area contributed by atoms with Crippen LogP contribution < -0.4 is 5.73 Å². The van der Waals surface area contributed by atoms with Gasteiger partial charge in [-0.3, -0.25) is 9.59 Å². The van der Waals surface area contributed by atoms with Crippen LogP contribution in [0.3, 0.4) is 0 Å². The number of carbonyl (C=O) groups excluding carboxylic acids is 2. The SMILES string of the molecule is CSC1(C(=O)OC(c2ccccc2)c2ccccc2)CS[C@@H]2C(N)C(=O)N2C1. The maximum atomic E-state index is 13.3. The summed E-state index contributed by atoms with van der Waals surface area (Å²) in [7, 11) is 0. The van der Waals surface area contributed by atoms with E-state index in [1.165, 1.54) is 11.8 Å². The first-order chi connectivity index (χ1) is 13.6. The lowest BCUT2D eigenvalue weighted by atomic mass is 10.00. The number of benzene rings is 2. The molecule has 0 aromatic heterocycles. The summed E-state index contributed by atoms with van der Waals surface area (Å²) in [6, 6.07) is 19.0. The predicted octanol–water partition coefficient (Wildman–Crippen LogP) is 2.66. The number of β-lactam (4-membered cyclic amide) rings is 1. The van der Waals surface area contributed by atoms with E-state index in [0.29, 0.717) is 12.3 Å². The van der Waals surface area contributed by atoms with E-state index in [1.807, 2.05) is 66.9 Å². The van der Waals surface area contributed by atoms with E-state index in [0.717, 1.165) is 11.1 Å². The summed E-state index contributed by atoms with van der Waals surface area (Å²) in [5, 5.41) is -0.0281. The first kappa shape index (κ1) is 19.4. The standard InChI is InChI=1S/C21H22N2O3S2/c1-27-21(12-23-18(24)16(22)19(23)28-13-21)20(25)26-17(14-8-4-2-5-9-14)15-10-6-3-7-11-15/h2-11,16-17,19H,12-13,22H2,1H3/t16?,19-,21?/m1/s1. The summed E-state index contributed by atoms with van der Waals surface area (Å²) in [5.41, 5.74) is 7.72. The maximum Gasteiger partial charge on any atom is 0.325 e. The van der Waals surface area contributed by atoms with Gasteiger partial charge in [0, 0.05) is 12.3 Å². The molecule has 28 heavy (non-hydrogen) atoms. The molecule has 3 atom stereocenters. The highest BCUT2D eigenvalue weighted by Crippen LogP contribution is 2.44. The van der Waals surface area contributed by atoms with Gasteiger partial charge in [0.25, 0.3) is 0 Å². The Morgan fingerprint density at radius 2 is 1.75 bits per heavy atom. The van der Waals surface area contributed by atoms with Crippen LogP contribution in [-0.2, 0) is 14.3 Å². The highest BCUT2D eigenvalue weighted by atomic mass is 32.2. The molecule has 0 radical (unpaired) electrons. The van der Waals surface area contributed by atoms with E-state index in [1.54, 1.807) is 16.7 Å². The van der Waals surface area contributed by atoms with Gasteiger partial charge >= 0.3 is 5.97 Å². The Bertz CT molecular complexity index is 825. The minimum absolute atomic E-state index is 0.0281. The fourth-order valence-electron chi connectivity index (χ4n) is 3.58. The minimum atomic E-state index is -0.793. The molecule has 146 valence electrons. The van der Waals surface area contributed by atoms with Crippen LogP contribution in [0.1, 0.15) is 17.2 Å². The van der Waals surface area contributed by atoms with Crippen molar-refractivity contribution in [3.8, 4) is 0 Å². The third-order valence-corrected chi connectivity index (χ3v) is 8.24. The van der Waals surface area contributed by atoms with Crippen molar-refractivity contribution in [1.82, 2.24) is 4.90 Å². The van der Waals surface area contributed by atoms with E-state index in [2.05, 4.69) is 0 Å². The Morgan fingerprint density at radius 3 is 2.29 bits per heavy atom. The van der Waals surface area contributed by atoms with Crippen molar-refractivity contribution in [2.45, 2.75) is 22.3 Å². The second kappa shape index (κ2) is 7.81. The van der Waals surface area contributed by atoms with Gasteiger partial charge in [-0.05, 0) is 17.4 Å². The maximum absolute atomic E-state index is 13.3. The number of amides is 1. The first-order valence-corrected chi connectivity index (χ1v) is 11.4. The average molecular weight is 415 g/mol. The van der Waals surface area contributed by atoms with Crippen molar-refractivity contribution in [1.29, 1.82) is 0 Å². The molecule has 2 aliphatic rings. The zero-order chi connectivity index (χ0) is 19.7. The van der Waals surface area contributed by atoms with Gasteiger partial charge in [-0.25, -0.2) is 0 Å². The third-order valence-electron chi connectivity index (χ3n) is 5.29. The molecule has 0 saturated carbocycles. The van der Waals surface area contributed by atoms with Crippen LogP contribution in [0.4, 0.5) is 0 Å². The van der Waals surface area contributed by atoms with E-state index >= 15 is 0 Å². The molecular formula is C21H22N2O3S2. The lowest BCUT2D eigenvalue weighted by Gasteiger charge is -2.52. The molecule has 1 amide bonds. The third kappa shape index (κ3) is 3.32. The number of thioether (sulfide) groups is 2. The summed E-state index contributed by atoms with van der Waals surface area (Å²) < 4.78 is 5.29. The molecule has 5 nitrogen and oxygen atoms in total. The molecule has 2 aromatic rings. The van der Waals surface area contributed by atoms with Crippen molar-refractivity contribution in [3.63, 3.8) is 0 Å². The van der Waals surface area contributed by atoms with Crippen LogP contribution in [0.2, 0.25) is 0 Å². The summed E-state index contributed by atoms with van der Waals surface area (Å²) in [5.74, 6) is 0.189. The number of esters is 1. The molecule has 2 saturated heterocycles. The lowest BCUT2D eigenvalue weighted by Crippen LogP contribution is -2.73. The second-order valence-electron chi connectivity index (χ2n) is 7.00. The molecular weight excluding hydrogens is 392 g/mol. The number of ether oxygens (including phenoxy) is 1. The van der Waals surface area contributed by atoms with Gasteiger partial charge in [0.05, 0.1) is 0 Å². The van der Waals surface area contributed by atoms with Gasteiger partial charge in [-0.1, -0.05) is 60.7 Å². The zero-order valence-electron chi connectivity index (χ0n) is 15.5. The van der Waals surface area contributed by atoms with Crippen LogP contribution in [0.5, 0.6) is 0 Å². The number of rotatable bonds is 5. The summed E-state index contributed by atoms with van der Waals surface area (Å²) >= 11 is 3.01. The predicted molar refractivity (Wildman–Crippen MR) is 113 cm³/mol. The highest BCUT2D eigenvalue weighted by Gasteiger charge is 2.56. The molecule has 2 aliphatic heterocycles. The number of nitrogens with two attached hydrogens (primary N) is 1. The molecule has 0 aliphatic carbocycles. The first-order valence-electron chi connectivity index (χ1n) is 9.09. The Hall–Kier alpha value is -1.96. The zero-order valence-corrected chi connectivity index (χ0v) is 17.1. The molecule has 2 unspecified atom stereocenters. The lowest BCUT2D eigenvalue weighted by molar-refractivity contribution is -0.154. The van der Waals surface area contributed by atoms with Crippen LogP contribution >= 0.6 is 23.5 Å². The second-order valence-corrected chi connectivity index (χ2v) is 9.29. The Kier molecular flexibility index (Phi) is 5.40. The number of hydrogen-bond donors (Lipinski definition) is 1. The summed E-state index contributed by atoms with van der Waals surface area (Å²) in [6.07, 6.45) is 1.41. The Balaban J connectivity index is 1.59. The summed E-state index contributed by atoms with van der Waals surface area (Å²) in [6.45, 7) is 0.341. The number of fused-ring (bicyclic) bond motifs is 1. The van der Waals surface area contributed by atoms with Crippen molar-refractivity contribution < 1.29 is 14.3 Å². The van der Waals surface area contributed by atoms with Gasteiger partial charge in [-0.15, -0.1) is 23.5 Å². The number of carbonyl (C=O) groups is 2. The molecule has 2 N–H and O–H groups in total. The van der Waals surface area contributed by atoms with Crippen molar-refractivity contribution in [2.24, 2.45) is 5.73 Å². The van der Waals surface area contributed by atoms with Gasteiger partial charge in [-0.2, -0.15) is 0 Å². The molecule has 2 fully saturated rings. The quantitative estimate of drug-likeness (QED) is 0.599. The van der Waals surface area contributed by atoms with E-state index in [-0.39, 0.29) is 17.3 Å². The fraction of sp³-hybridized carbons (Fsp3) is 0.333. The van der Waals surface area contributed by atoms with Crippen molar-refractivity contribution >= 4 is 35.4 Å². The average Bonchev–Trinajstić information content (AvgIpc) is 2.77.